The summed E-state index contributed by atoms with van der Waals surface area (Å²) < 4.78 is 17.4. The van der Waals surface area contributed by atoms with Crippen molar-refractivity contribution in [1.82, 2.24) is 0 Å². The predicted molar refractivity (Wildman–Crippen MR) is 109 cm³/mol. The lowest BCUT2D eigenvalue weighted by atomic mass is 9.82. The van der Waals surface area contributed by atoms with Crippen molar-refractivity contribution in [2.75, 3.05) is 6.61 Å². The first-order valence-corrected chi connectivity index (χ1v) is 9.70. The van der Waals surface area contributed by atoms with Crippen molar-refractivity contribution in [3.05, 3.63) is 65.2 Å². The van der Waals surface area contributed by atoms with Crippen molar-refractivity contribution in [3.63, 3.8) is 0 Å². The molecule has 2 aromatic carbocycles. The van der Waals surface area contributed by atoms with Gasteiger partial charge in [0.15, 0.2) is 5.78 Å². The molecule has 0 aromatic heterocycles. The second kappa shape index (κ2) is 7.07. The van der Waals surface area contributed by atoms with Gasteiger partial charge in [-0.05, 0) is 56.2 Å². The van der Waals surface area contributed by atoms with Gasteiger partial charge >= 0.3 is 5.97 Å². The van der Waals surface area contributed by atoms with Crippen molar-refractivity contribution >= 4 is 11.8 Å². The molecule has 0 saturated heterocycles. The Labute approximate surface area is 170 Å². The van der Waals surface area contributed by atoms with E-state index < -0.39 is 5.60 Å². The molecule has 2 aliphatic heterocycles. The molecule has 0 aliphatic carbocycles. The molecule has 0 N–H and O–H groups in total. The molecule has 150 valence electrons. The topological polar surface area (TPSA) is 61.8 Å². The van der Waals surface area contributed by atoms with Gasteiger partial charge in [0.1, 0.15) is 29.5 Å². The Kier molecular flexibility index (Phi) is 4.69. The number of esters is 1. The molecular weight excluding hydrogens is 368 g/mol. The standard InChI is InChI=1S/C24H24O5/c1-14(2)13-27-16-7-5-15(6-8-16)18-11-21(26)28-20-10-9-17-19(25)12-24(3,4)29-23(17)22(18)20/h5-10,18H,1,11-13H2,2-4H3/t18-/m0/s1. The van der Waals surface area contributed by atoms with Gasteiger partial charge in [-0.2, -0.15) is 0 Å². The lowest BCUT2D eigenvalue weighted by Crippen LogP contribution is -2.37. The molecular formula is C24H24O5. The fraction of sp³-hybridized carbons (Fsp3) is 0.333. The lowest BCUT2D eigenvalue weighted by molar-refractivity contribution is -0.135. The molecule has 1 atom stereocenters. The van der Waals surface area contributed by atoms with Crippen molar-refractivity contribution in [2.45, 2.75) is 45.1 Å². The summed E-state index contributed by atoms with van der Waals surface area (Å²) in [6.45, 7) is 9.99. The molecule has 0 saturated carbocycles. The molecule has 29 heavy (non-hydrogen) atoms. The van der Waals surface area contributed by atoms with Crippen molar-refractivity contribution in [2.24, 2.45) is 0 Å². The number of ketones is 1. The number of rotatable bonds is 4. The van der Waals surface area contributed by atoms with Crippen LogP contribution in [0.15, 0.2) is 48.6 Å². The molecule has 4 rings (SSSR count). The number of ether oxygens (including phenoxy) is 3. The van der Waals surface area contributed by atoms with Gasteiger partial charge in [-0.25, -0.2) is 0 Å². The quantitative estimate of drug-likeness (QED) is 0.424. The first-order chi connectivity index (χ1) is 13.7. The highest BCUT2D eigenvalue weighted by molar-refractivity contribution is 6.01. The maximum Gasteiger partial charge on any atom is 0.312 e. The van der Waals surface area contributed by atoms with Gasteiger partial charge in [-0.1, -0.05) is 18.7 Å². The molecule has 2 heterocycles. The summed E-state index contributed by atoms with van der Waals surface area (Å²) in [5.74, 6) is 1.21. The number of Topliss-reactive ketones (excluding diaryl/α,β-unsaturated/α-hetero) is 1. The lowest BCUT2D eigenvalue weighted by Gasteiger charge is -2.36. The van der Waals surface area contributed by atoms with Gasteiger partial charge in [0, 0.05) is 11.5 Å². The fourth-order valence-corrected chi connectivity index (χ4v) is 3.84. The van der Waals surface area contributed by atoms with Gasteiger partial charge in [-0.3, -0.25) is 9.59 Å². The first-order valence-electron chi connectivity index (χ1n) is 9.70. The van der Waals surface area contributed by atoms with Gasteiger partial charge in [0.25, 0.3) is 0 Å². The number of benzene rings is 2. The Morgan fingerprint density at radius 3 is 2.59 bits per heavy atom. The third kappa shape index (κ3) is 3.77. The summed E-state index contributed by atoms with van der Waals surface area (Å²) in [4.78, 5) is 24.9. The zero-order valence-electron chi connectivity index (χ0n) is 16.9. The van der Waals surface area contributed by atoms with Gasteiger partial charge in [0.05, 0.1) is 18.4 Å². The number of hydrogen-bond donors (Lipinski definition) is 0. The fourth-order valence-electron chi connectivity index (χ4n) is 3.84. The summed E-state index contributed by atoms with van der Waals surface area (Å²) >= 11 is 0. The van der Waals surface area contributed by atoms with E-state index >= 15 is 0 Å². The van der Waals surface area contributed by atoms with E-state index in [1.165, 1.54) is 0 Å². The van der Waals surface area contributed by atoms with E-state index in [-0.39, 0.29) is 24.1 Å². The minimum absolute atomic E-state index is 0.0400. The molecule has 2 aliphatic rings. The molecule has 0 bridgehead atoms. The van der Waals surface area contributed by atoms with E-state index in [1.54, 1.807) is 12.1 Å². The summed E-state index contributed by atoms with van der Waals surface area (Å²) in [5.41, 5.74) is 2.59. The average Bonchev–Trinajstić information content (AvgIpc) is 2.64. The second-order valence-electron chi connectivity index (χ2n) is 8.36. The molecule has 0 fully saturated rings. The van der Waals surface area contributed by atoms with Crippen molar-refractivity contribution in [1.29, 1.82) is 0 Å². The van der Waals surface area contributed by atoms with E-state index in [9.17, 15) is 9.59 Å². The normalized spacial score (nSPS) is 19.5. The monoisotopic (exact) mass is 392 g/mol. The van der Waals surface area contributed by atoms with Crippen LogP contribution < -0.4 is 14.2 Å². The van der Waals surface area contributed by atoms with E-state index in [4.69, 9.17) is 14.2 Å². The van der Waals surface area contributed by atoms with Gasteiger partial charge in [0.2, 0.25) is 0 Å². The first kappa shape index (κ1) is 19.2. The van der Waals surface area contributed by atoms with Crippen molar-refractivity contribution < 1.29 is 23.8 Å². The van der Waals surface area contributed by atoms with Crippen LogP contribution in [0.1, 0.15) is 61.0 Å². The third-order valence-electron chi connectivity index (χ3n) is 5.13. The smallest absolute Gasteiger partial charge is 0.312 e. The maximum absolute atomic E-state index is 12.7. The second-order valence-corrected chi connectivity index (χ2v) is 8.36. The molecule has 0 radical (unpaired) electrons. The Bertz CT molecular complexity index is 1000. The zero-order valence-corrected chi connectivity index (χ0v) is 16.9. The molecule has 2 aromatic rings. The van der Waals surface area contributed by atoms with Gasteiger partial charge in [-0.15, -0.1) is 0 Å². The third-order valence-corrected chi connectivity index (χ3v) is 5.13. The van der Waals surface area contributed by atoms with Crippen LogP contribution in [-0.2, 0) is 4.79 Å². The summed E-state index contributed by atoms with van der Waals surface area (Å²) in [6.07, 6.45) is 0.505. The average molecular weight is 392 g/mol. The van der Waals surface area contributed by atoms with E-state index in [1.807, 2.05) is 45.0 Å². The van der Waals surface area contributed by atoms with E-state index in [2.05, 4.69) is 6.58 Å². The molecule has 5 heteroatoms. The van der Waals surface area contributed by atoms with Crippen LogP contribution in [0.25, 0.3) is 0 Å². The summed E-state index contributed by atoms with van der Waals surface area (Å²) in [6, 6.07) is 11.0. The van der Waals surface area contributed by atoms with Crippen molar-refractivity contribution in [3.8, 4) is 17.2 Å². The highest BCUT2D eigenvalue weighted by Crippen LogP contribution is 2.48. The SMILES string of the molecule is C=C(C)COc1ccc([C@@H]2CC(=O)Oc3ccc4c(c32)OC(C)(C)CC4=O)cc1. The molecule has 0 unspecified atom stereocenters. The van der Waals surface area contributed by atoms with E-state index in [0.29, 0.717) is 30.1 Å². The summed E-state index contributed by atoms with van der Waals surface area (Å²) in [7, 11) is 0. The minimum atomic E-state index is -0.606. The Morgan fingerprint density at radius 1 is 1.17 bits per heavy atom. The highest BCUT2D eigenvalue weighted by atomic mass is 16.5. The highest BCUT2D eigenvalue weighted by Gasteiger charge is 2.39. The Balaban J connectivity index is 1.76. The summed E-state index contributed by atoms with van der Waals surface area (Å²) in [5, 5.41) is 0. The molecule has 5 nitrogen and oxygen atoms in total. The molecule has 0 amide bonds. The largest absolute Gasteiger partial charge is 0.489 e. The van der Waals surface area contributed by atoms with Gasteiger partial charge < -0.3 is 14.2 Å². The Morgan fingerprint density at radius 2 is 1.90 bits per heavy atom. The minimum Gasteiger partial charge on any atom is -0.489 e. The van der Waals surface area contributed by atoms with Crippen LogP contribution in [0.4, 0.5) is 0 Å². The molecule has 0 spiro atoms. The van der Waals surface area contributed by atoms with Crippen LogP contribution in [-0.4, -0.2) is 24.0 Å². The van der Waals surface area contributed by atoms with E-state index in [0.717, 1.165) is 22.4 Å². The number of carbonyl (C=O) groups is 2. The number of carbonyl (C=O) groups excluding carboxylic acids is 2. The van der Waals surface area contributed by atoms with Crippen LogP contribution in [0.5, 0.6) is 17.2 Å². The number of fused-ring (bicyclic) bond motifs is 3. The maximum atomic E-state index is 12.7. The number of hydrogen-bond acceptors (Lipinski definition) is 5. The van der Waals surface area contributed by atoms with Crippen LogP contribution in [0.2, 0.25) is 0 Å². The van der Waals surface area contributed by atoms with Crippen LogP contribution >= 0.6 is 0 Å². The van der Waals surface area contributed by atoms with Crippen LogP contribution in [0, 0.1) is 0 Å². The zero-order chi connectivity index (χ0) is 20.8. The Hall–Kier alpha value is -3.08. The van der Waals surface area contributed by atoms with Crippen LogP contribution in [0.3, 0.4) is 0 Å². The predicted octanol–water partition coefficient (Wildman–Crippen LogP) is 4.83.